The minimum Gasteiger partial charge on any atom is -0.317 e. The average molecular weight is 225 g/mol. The molecule has 14 heavy (non-hydrogen) atoms. The van der Waals surface area contributed by atoms with Crippen molar-refractivity contribution in [3.05, 3.63) is 0 Å². The van der Waals surface area contributed by atoms with Gasteiger partial charge in [0.05, 0.1) is 6.61 Å². The number of unbranched alkanes of at least 4 members (excludes halogenated alkanes) is 2. The summed E-state index contributed by atoms with van der Waals surface area (Å²) in [6.45, 7) is 4.15. The van der Waals surface area contributed by atoms with Crippen molar-refractivity contribution in [3.8, 4) is 0 Å². The summed E-state index contributed by atoms with van der Waals surface area (Å²) in [6.07, 6.45) is 3.89. The Bertz CT molecular complexity index is 171. The van der Waals surface area contributed by atoms with E-state index >= 15 is 0 Å². The van der Waals surface area contributed by atoms with Gasteiger partial charge in [0.2, 0.25) is 0 Å². The molecule has 0 aliphatic rings. The molecule has 3 N–H and O–H groups in total. The van der Waals surface area contributed by atoms with Gasteiger partial charge in [-0.05, 0) is 32.4 Å². The highest BCUT2D eigenvalue weighted by molar-refractivity contribution is 7.46. The molecule has 5 nitrogen and oxygen atoms in total. The first kappa shape index (κ1) is 14.1. The van der Waals surface area contributed by atoms with E-state index in [0.717, 1.165) is 19.5 Å². The van der Waals surface area contributed by atoms with Crippen molar-refractivity contribution in [1.29, 1.82) is 0 Å². The first-order valence-corrected chi connectivity index (χ1v) is 6.50. The first-order valence-electron chi connectivity index (χ1n) is 4.97. The molecule has 0 aromatic rings. The quantitative estimate of drug-likeness (QED) is 0.407. The topological polar surface area (TPSA) is 78.8 Å². The fourth-order valence-corrected chi connectivity index (χ4v) is 1.33. The van der Waals surface area contributed by atoms with Crippen LogP contribution in [0.25, 0.3) is 0 Å². The summed E-state index contributed by atoms with van der Waals surface area (Å²) >= 11 is 0. The molecule has 0 heterocycles. The van der Waals surface area contributed by atoms with Gasteiger partial charge in [-0.1, -0.05) is 13.3 Å². The van der Waals surface area contributed by atoms with Crippen LogP contribution in [0.15, 0.2) is 0 Å². The van der Waals surface area contributed by atoms with Crippen molar-refractivity contribution in [2.75, 3.05) is 19.7 Å². The average Bonchev–Trinajstić information content (AvgIpc) is 2.08. The first-order chi connectivity index (χ1) is 6.56. The van der Waals surface area contributed by atoms with Crippen molar-refractivity contribution >= 4 is 7.82 Å². The zero-order valence-electron chi connectivity index (χ0n) is 8.61. The Morgan fingerprint density at radius 2 is 1.86 bits per heavy atom. The summed E-state index contributed by atoms with van der Waals surface area (Å²) in [5, 5.41) is 3.23. The number of rotatable bonds is 9. The van der Waals surface area contributed by atoms with Crippen molar-refractivity contribution in [1.82, 2.24) is 5.32 Å². The summed E-state index contributed by atoms with van der Waals surface area (Å²) in [4.78, 5) is 16.7. The second kappa shape index (κ2) is 8.38. The van der Waals surface area contributed by atoms with Crippen LogP contribution in [0.3, 0.4) is 0 Å². The fraction of sp³-hybridized carbons (Fsp3) is 1.00. The van der Waals surface area contributed by atoms with Gasteiger partial charge in [-0.25, -0.2) is 4.57 Å². The zero-order chi connectivity index (χ0) is 10.9. The van der Waals surface area contributed by atoms with E-state index in [0.29, 0.717) is 6.42 Å². The number of phosphoric ester groups is 1. The molecule has 0 aromatic heterocycles. The van der Waals surface area contributed by atoms with Crippen LogP contribution < -0.4 is 5.32 Å². The zero-order valence-corrected chi connectivity index (χ0v) is 9.50. The Hall–Kier alpha value is 0.0700. The van der Waals surface area contributed by atoms with Gasteiger partial charge in [-0.15, -0.1) is 0 Å². The van der Waals surface area contributed by atoms with E-state index in [-0.39, 0.29) is 6.61 Å². The monoisotopic (exact) mass is 225 g/mol. The molecule has 0 saturated carbocycles. The lowest BCUT2D eigenvalue weighted by atomic mass is 10.3. The van der Waals surface area contributed by atoms with E-state index in [4.69, 9.17) is 9.79 Å². The highest BCUT2D eigenvalue weighted by atomic mass is 31.2. The minimum atomic E-state index is -4.25. The van der Waals surface area contributed by atoms with Gasteiger partial charge in [-0.3, -0.25) is 4.52 Å². The van der Waals surface area contributed by atoms with Crippen molar-refractivity contribution in [3.63, 3.8) is 0 Å². The molecule has 6 heteroatoms. The van der Waals surface area contributed by atoms with Gasteiger partial charge >= 0.3 is 7.82 Å². The molecular formula is C8H20NO4P. The van der Waals surface area contributed by atoms with Gasteiger partial charge in [-0.2, -0.15) is 0 Å². The molecule has 0 rings (SSSR count). The molecule has 0 aromatic carbocycles. The largest absolute Gasteiger partial charge is 0.469 e. The van der Waals surface area contributed by atoms with Gasteiger partial charge in [0.1, 0.15) is 0 Å². The summed E-state index contributed by atoms with van der Waals surface area (Å²) < 4.78 is 14.6. The standard InChI is InChI=1S/C8H20NO4P/c1-2-3-6-9-7-4-5-8-13-14(10,11)12/h9H,2-8H2,1H3,(H2,10,11,12). The molecule has 0 amide bonds. The van der Waals surface area contributed by atoms with Crippen molar-refractivity contribution in [2.45, 2.75) is 32.6 Å². The van der Waals surface area contributed by atoms with Crippen LogP contribution in [-0.2, 0) is 9.09 Å². The van der Waals surface area contributed by atoms with Crippen LogP contribution in [-0.4, -0.2) is 29.5 Å². The van der Waals surface area contributed by atoms with Crippen molar-refractivity contribution in [2.24, 2.45) is 0 Å². The van der Waals surface area contributed by atoms with Crippen LogP contribution in [0.5, 0.6) is 0 Å². The number of nitrogens with one attached hydrogen (secondary N) is 1. The molecule has 0 aliphatic carbocycles. The van der Waals surface area contributed by atoms with Crippen molar-refractivity contribution < 1.29 is 18.9 Å². The molecule has 0 unspecified atom stereocenters. The second-order valence-corrected chi connectivity index (χ2v) is 4.37. The van der Waals surface area contributed by atoms with Gasteiger partial charge in [0, 0.05) is 0 Å². The molecular weight excluding hydrogens is 205 g/mol. The summed E-state index contributed by atoms with van der Waals surface area (Å²) in [7, 11) is -4.25. The Kier molecular flexibility index (Phi) is 8.43. The van der Waals surface area contributed by atoms with Crippen LogP contribution >= 0.6 is 7.82 Å². The molecule has 0 saturated heterocycles. The van der Waals surface area contributed by atoms with E-state index in [1.165, 1.54) is 12.8 Å². The van der Waals surface area contributed by atoms with Gasteiger partial charge in [0.15, 0.2) is 0 Å². The molecule has 0 bridgehead atoms. The van der Waals surface area contributed by atoms with Crippen LogP contribution in [0.2, 0.25) is 0 Å². The van der Waals surface area contributed by atoms with Gasteiger partial charge in [0.25, 0.3) is 0 Å². The van der Waals surface area contributed by atoms with Crippen LogP contribution in [0, 0.1) is 0 Å². The minimum absolute atomic E-state index is 0.125. The number of phosphoric acid groups is 1. The summed E-state index contributed by atoms with van der Waals surface area (Å²) in [6, 6.07) is 0. The molecule has 0 aliphatic heterocycles. The lowest BCUT2D eigenvalue weighted by Crippen LogP contribution is -2.16. The maximum Gasteiger partial charge on any atom is 0.469 e. The van der Waals surface area contributed by atoms with Crippen LogP contribution in [0.4, 0.5) is 0 Å². The molecule has 0 fully saturated rings. The third-order valence-electron chi connectivity index (χ3n) is 1.71. The van der Waals surface area contributed by atoms with E-state index in [1.807, 2.05) is 0 Å². The molecule has 0 radical (unpaired) electrons. The molecule has 86 valence electrons. The molecule has 0 atom stereocenters. The Labute approximate surface area is 85.1 Å². The lowest BCUT2D eigenvalue weighted by Gasteiger charge is -2.05. The Morgan fingerprint density at radius 1 is 1.21 bits per heavy atom. The van der Waals surface area contributed by atoms with E-state index in [2.05, 4.69) is 16.8 Å². The third kappa shape index (κ3) is 12.1. The molecule has 0 spiro atoms. The van der Waals surface area contributed by atoms with E-state index in [1.54, 1.807) is 0 Å². The smallest absolute Gasteiger partial charge is 0.317 e. The highest BCUT2D eigenvalue weighted by Crippen LogP contribution is 2.35. The fourth-order valence-electron chi connectivity index (χ4n) is 0.962. The second-order valence-electron chi connectivity index (χ2n) is 3.13. The SMILES string of the molecule is CCCCNCCCCOP(=O)(O)O. The predicted octanol–water partition coefficient (Wildman–Crippen LogP) is 1.27. The van der Waals surface area contributed by atoms with Gasteiger partial charge < -0.3 is 15.1 Å². The number of hydrogen-bond acceptors (Lipinski definition) is 3. The maximum atomic E-state index is 10.3. The maximum absolute atomic E-state index is 10.3. The number of hydrogen-bond donors (Lipinski definition) is 3. The highest BCUT2D eigenvalue weighted by Gasteiger charge is 2.12. The van der Waals surface area contributed by atoms with Crippen LogP contribution in [0.1, 0.15) is 32.6 Å². The van der Waals surface area contributed by atoms with E-state index < -0.39 is 7.82 Å². The van der Waals surface area contributed by atoms with E-state index in [9.17, 15) is 4.57 Å². The normalized spacial score (nSPS) is 11.9. The Morgan fingerprint density at radius 3 is 2.43 bits per heavy atom. The summed E-state index contributed by atoms with van der Waals surface area (Å²) in [5.41, 5.74) is 0. The lowest BCUT2D eigenvalue weighted by molar-refractivity contribution is 0.193. The third-order valence-corrected chi connectivity index (χ3v) is 2.23. The Balaban J connectivity index is 3.03. The summed E-state index contributed by atoms with van der Waals surface area (Å²) in [5.74, 6) is 0. The predicted molar refractivity (Wildman–Crippen MR) is 55.0 cm³/mol.